The molecule has 4 aromatic rings. The molecule has 0 spiro atoms. The lowest BCUT2D eigenvalue weighted by atomic mass is 10.0. The van der Waals surface area contributed by atoms with Crippen LogP contribution in [0.25, 0.3) is 38.8 Å². The van der Waals surface area contributed by atoms with Crippen LogP contribution in [0.4, 0.5) is 5.69 Å². The van der Waals surface area contributed by atoms with Gasteiger partial charge in [0.2, 0.25) is 0 Å². The smallest absolute Gasteiger partial charge is 0.116 e. The number of H-pyrrole nitrogens is 2. The normalized spacial score (nSPS) is 14.9. The van der Waals surface area contributed by atoms with Gasteiger partial charge in [0.15, 0.2) is 0 Å². The molecule has 1 aromatic carbocycles. The Morgan fingerprint density at radius 3 is 2.70 bits per heavy atom. The van der Waals surface area contributed by atoms with Crippen molar-refractivity contribution in [3.8, 4) is 11.4 Å². The number of benzene rings is 1. The van der Waals surface area contributed by atoms with Gasteiger partial charge < -0.3 is 15.2 Å². The molecule has 190 valence electrons. The number of rotatable bonds is 9. The van der Waals surface area contributed by atoms with Crippen molar-refractivity contribution >= 4 is 33.1 Å². The second-order valence-corrected chi connectivity index (χ2v) is 9.71. The van der Waals surface area contributed by atoms with Gasteiger partial charge in [0.1, 0.15) is 5.69 Å². The first kappa shape index (κ1) is 24.6. The van der Waals surface area contributed by atoms with Crippen LogP contribution in [0.15, 0.2) is 79.4 Å². The molecule has 37 heavy (non-hydrogen) atoms. The second kappa shape index (κ2) is 10.9. The predicted molar refractivity (Wildman–Crippen MR) is 156 cm³/mol. The molecule has 0 bridgehead atoms. The molecule has 1 aliphatic rings. The topological polar surface area (TPSA) is 72.6 Å². The summed E-state index contributed by atoms with van der Waals surface area (Å²) in [5.41, 5.74) is 9.31. The Kier molecular flexibility index (Phi) is 7.26. The summed E-state index contributed by atoms with van der Waals surface area (Å²) in [6.07, 6.45) is 15.7. The Labute approximate surface area is 218 Å². The highest BCUT2D eigenvalue weighted by Gasteiger charge is 2.18. The summed E-state index contributed by atoms with van der Waals surface area (Å²) in [5.74, 6) is 0. The average molecular weight is 493 g/mol. The SMILES string of the molecule is C=C/C(=C\C(=C/C)c1ccc2[nH]nc(-c3cc4c(N5CCCCC5)cncc4[nH]3)c2c1)NC(=C)CCC. The molecule has 1 saturated heterocycles. The van der Waals surface area contributed by atoms with Crippen molar-refractivity contribution in [2.24, 2.45) is 0 Å². The van der Waals surface area contributed by atoms with Crippen LogP contribution in [0.3, 0.4) is 0 Å². The average Bonchev–Trinajstić information content (AvgIpc) is 3.55. The maximum atomic E-state index is 4.70. The lowest BCUT2D eigenvalue weighted by Gasteiger charge is -2.28. The van der Waals surface area contributed by atoms with Crippen molar-refractivity contribution < 1.29 is 0 Å². The van der Waals surface area contributed by atoms with Gasteiger partial charge in [-0.2, -0.15) is 5.10 Å². The van der Waals surface area contributed by atoms with Crippen LogP contribution in [0.5, 0.6) is 0 Å². The molecule has 6 heteroatoms. The fourth-order valence-electron chi connectivity index (χ4n) is 5.16. The van der Waals surface area contributed by atoms with Crippen molar-refractivity contribution in [2.75, 3.05) is 18.0 Å². The summed E-state index contributed by atoms with van der Waals surface area (Å²) in [5, 5.41) is 13.6. The van der Waals surface area contributed by atoms with Gasteiger partial charge >= 0.3 is 0 Å². The third kappa shape index (κ3) is 5.10. The molecule has 1 aliphatic heterocycles. The summed E-state index contributed by atoms with van der Waals surface area (Å²) in [6.45, 7) is 14.5. The number of fused-ring (bicyclic) bond motifs is 2. The largest absolute Gasteiger partial charge is 0.370 e. The van der Waals surface area contributed by atoms with Crippen molar-refractivity contribution in [1.82, 2.24) is 25.5 Å². The quantitative estimate of drug-likeness (QED) is 0.212. The van der Waals surface area contributed by atoms with Gasteiger partial charge in [0.25, 0.3) is 0 Å². The molecule has 4 heterocycles. The summed E-state index contributed by atoms with van der Waals surface area (Å²) in [6, 6.07) is 8.65. The van der Waals surface area contributed by atoms with E-state index >= 15 is 0 Å². The Morgan fingerprint density at radius 1 is 1.11 bits per heavy atom. The van der Waals surface area contributed by atoms with Crippen LogP contribution in [0.1, 0.15) is 51.5 Å². The number of pyridine rings is 1. The highest BCUT2D eigenvalue weighted by molar-refractivity contribution is 6.00. The van der Waals surface area contributed by atoms with Crippen LogP contribution in [-0.2, 0) is 0 Å². The summed E-state index contributed by atoms with van der Waals surface area (Å²) >= 11 is 0. The van der Waals surface area contributed by atoms with E-state index in [1.165, 1.54) is 30.3 Å². The number of hydrogen-bond donors (Lipinski definition) is 3. The molecule has 0 atom stereocenters. The molecule has 6 nitrogen and oxygen atoms in total. The van der Waals surface area contributed by atoms with Crippen molar-refractivity contribution in [3.05, 3.63) is 85.0 Å². The van der Waals surface area contributed by atoms with E-state index in [0.717, 1.165) is 76.3 Å². The van der Waals surface area contributed by atoms with Crippen molar-refractivity contribution in [1.29, 1.82) is 0 Å². The van der Waals surface area contributed by atoms with E-state index in [1.54, 1.807) is 0 Å². The van der Waals surface area contributed by atoms with Gasteiger partial charge in [-0.15, -0.1) is 0 Å². The number of allylic oxidation sites excluding steroid dienone is 5. The molecule has 3 aromatic heterocycles. The van der Waals surface area contributed by atoms with E-state index in [-0.39, 0.29) is 0 Å². The standard InChI is InChI=1S/C31H36N6/c1-5-11-21(4)33-24(7-3)16-22(6-2)23-12-13-27-26(17-23)31(36-35-27)28-18-25-29(34-28)19-32-20-30(25)37-14-9-8-10-15-37/h6-7,12-13,16-20,33-34H,3-5,8-11,14-15H2,1-2H3,(H,35,36)/b22-6+,24-16+. The molecule has 3 N–H and O–H groups in total. The molecule has 1 fully saturated rings. The molecular formula is C31H36N6. The minimum atomic E-state index is 0.912. The van der Waals surface area contributed by atoms with Gasteiger partial charge in [-0.3, -0.25) is 10.1 Å². The van der Waals surface area contributed by atoms with E-state index in [2.05, 4.69) is 88.7 Å². The number of nitrogens with zero attached hydrogens (tertiary/aromatic N) is 3. The summed E-state index contributed by atoms with van der Waals surface area (Å²) in [7, 11) is 0. The van der Waals surface area contributed by atoms with Crippen molar-refractivity contribution in [3.63, 3.8) is 0 Å². The zero-order chi connectivity index (χ0) is 25.8. The number of nitrogens with one attached hydrogen (secondary N) is 3. The van der Waals surface area contributed by atoms with Gasteiger partial charge in [0, 0.05) is 35.3 Å². The third-order valence-electron chi connectivity index (χ3n) is 7.09. The Morgan fingerprint density at radius 2 is 1.95 bits per heavy atom. The highest BCUT2D eigenvalue weighted by Crippen LogP contribution is 2.34. The fraction of sp³-hybridized carbons (Fsp3) is 0.290. The Balaban J connectivity index is 1.51. The molecule has 0 unspecified atom stereocenters. The molecule has 0 aliphatic carbocycles. The number of anilines is 1. The minimum Gasteiger partial charge on any atom is -0.370 e. The lowest BCUT2D eigenvalue weighted by molar-refractivity contribution is 0.578. The number of piperidine rings is 1. The van der Waals surface area contributed by atoms with Gasteiger partial charge in [-0.05, 0) is 74.1 Å². The van der Waals surface area contributed by atoms with Gasteiger partial charge in [0.05, 0.1) is 34.8 Å². The Bertz CT molecular complexity index is 1490. The first-order chi connectivity index (χ1) is 18.1. The maximum Gasteiger partial charge on any atom is 0.116 e. The van der Waals surface area contributed by atoms with E-state index in [4.69, 9.17) is 5.10 Å². The summed E-state index contributed by atoms with van der Waals surface area (Å²) in [4.78, 5) is 10.6. The van der Waals surface area contributed by atoms with Crippen LogP contribution in [0.2, 0.25) is 0 Å². The van der Waals surface area contributed by atoms with Crippen LogP contribution in [0, 0.1) is 0 Å². The van der Waals surface area contributed by atoms with E-state index in [0.29, 0.717) is 0 Å². The monoisotopic (exact) mass is 492 g/mol. The molecule has 0 amide bonds. The zero-order valence-corrected chi connectivity index (χ0v) is 21.9. The third-order valence-corrected chi connectivity index (χ3v) is 7.09. The van der Waals surface area contributed by atoms with Gasteiger partial charge in [-0.25, -0.2) is 0 Å². The van der Waals surface area contributed by atoms with E-state index < -0.39 is 0 Å². The second-order valence-electron chi connectivity index (χ2n) is 9.71. The molecular weight excluding hydrogens is 456 g/mol. The molecule has 0 radical (unpaired) electrons. The number of aromatic amines is 2. The van der Waals surface area contributed by atoms with Crippen LogP contribution < -0.4 is 10.2 Å². The lowest BCUT2D eigenvalue weighted by Crippen LogP contribution is -2.29. The number of hydrogen-bond acceptors (Lipinski definition) is 4. The van der Waals surface area contributed by atoms with E-state index in [9.17, 15) is 0 Å². The fourth-order valence-corrected chi connectivity index (χ4v) is 5.16. The Hall–Kier alpha value is -4.06. The minimum absolute atomic E-state index is 0.912. The highest BCUT2D eigenvalue weighted by atomic mass is 15.1. The zero-order valence-electron chi connectivity index (χ0n) is 21.9. The molecule has 5 rings (SSSR count). The van der Waals surface area contributed by atoms with E-state index in [1.807, 2.05) is 18.5 Å². The van der Waals surface area contributed by atoms with Crippen LogP contribution >= 0.6 is 0 Å². The first-order valence-corrected chi connectivity index (χ1v) is 13.3. The summed E-state index contributed by atoms with van der Waals surface area (Å²) < 4.78 is 0. The predicted octanol–water partition coefficient (Wildman–Crippen LogP) is 7.47. The van der Waals surface area contributed by atoms with Crippen LogP contribution in [-0.4, -0.2) is 33.3 Å². The van der Waals surface area contributed by atoms with Crippen molar-refractivity contribution in [2.45, 2.75) is 46.0 Å². The first-order valence-electron chi connectivity index (χ1n) is 13.3. The number of aromatic nitrogens is 4. The molecule has 0 saturated carbocycles. The maximum absolute atomic E-state index is 4.70. The van der Waals surface area contributed by atoms with Gasteiger partial charge in [-0.1, -0.05) is 38.6 Å².